The maximum Gasteiger partial charge on any atom is 0.205 e. The molecule has 1 aliphatic rings. The van der Waals surface area contributed by atoms with Crippen LogP contribution in [-0.4, -0.2) is 42.6 Å². The minimum atomic E-state index is 0.793. The number of methoxy groups -OCH3 is 1. The topological polar surface area (TPSA) is 50.3 Å². The van der Waals surface area contributed by atoms with Crippen LogP contribution in [0.2, 0.25) is 0 Å². The van der Waals surface area contributed by atoms with E-state index in [1.54, 1.807) is 7.11 Å². The molecule has 0 saturated carbocycles. The van der Waals surface area contributed by atoms with Gasteiger partial charge in [0.2, 0.25) is 5.13 Å². The fourth-order valence-electron chi connectivity index (χ4n) is 2.06. The Kier molecular flexibility index (Phi) is 3.61. The second-order valence-electron chi connectivity index (χ2n) is 4.37. The molecule has 3 rings (SSSR count). The van der Waals surface area contributed by atoms with Gasteiger partial charge in [-0.15, -0.1) is 0 Å². The van der Waals surface area contributed by atoms with Crippen molar-refractivity contribution < 1.29 is 4.74 Å². The first-order chi connectivity index (χ1) is 9.36. The molecule has 0 spiro atoms. The van der Waals surface area contributed by atoms with E-state index >= 15 is 0 Å². The summed E-state index contributed by atoms with van der Waals surface area (Å²) in [7, 11) is 1.67. The Hall–Kier alpha value is -1.66. The summed E-state index contributed by atoms with van der Waals surface area (Å²) < 4.78 is 9.60. The van der Waals surface area contributed by atoms with Gasteiger partial charge in [-0.2, -0.15) is 9.36 Å². The number of anilines is 1. The van der Waals surface area contributed by atoms with Crippen LogP contribution in [0.4, 0.5) is 5.13 Å². The number of benzene rings is 1. The van der Waals surface area contributed by atoms with Crippen molar-refractivity contribution in [1.82, 2.24) is 14.7 Å². The maximum absolute atomic E-state index is 5.15. The molecule has 1 N–H and O–H groups in total. The Morgan fingerprint density at radius 2 is 1.95 bits per heavy atom. The van der Waals surface area contributed by atoms with Gasteiger partial charge in [0.05, 0.1) is 7.11 Å². The molecule has 1 saturated heterocycles. The number of hydrogen-bond donors (Lipinski definition) is 1. The third kappa shape index (κ3) is 2.69. The van der Waals surface area contributed by atoms with Crippen LogP contribution in [0.1, 0.15) is 0 Å². The van der Waals surface area contributed by atoms with Gasteiger partial charge in [-0.25, -0.2) is 0 Å². The van der Waals surface area contributed by atoms with Crippen LogP contribution in [-0.2, 0) is 0 Å². The highest BCUT2D eigenvalue weighted by Gasteiger charge is 2.15. The normalized spacial score (nSPS) is 15.5. The molecule has 19 heavy (non-hydrogen) atoms. The monoisotopic (exact) mass is 276 g/mol. The van der Waals surface area contributed by atoms with E-state index in [1.165, 1.54) is 11.5 Å². The van der Waals surface area contributed by atoms with Crippen molar-refractivity contribution in [3.63, 3.8) is 0 Å². The predicted molar refractivity (Wildman–Crippen MR) is 77.0 cm³/mol. The van der Waals surface area contributed by atoms with Crippen molar-refractivity contribution in [2.75, 3.05) is 38.2 Å². The third-order valence-electron chi connectivity index (χ3n) is 3.15. The third-order valence-corrected chi connectivity index (χ3v) is 3.93. The molecule has 0 aliphatic carbocycles. The van der Waals surface area contributed by atoms with Crippen molar-refractivity contribution in [2.24, 2.45) is 0 Å². The molecule has 0 radical (unpaired) electrons. The van der Waals surface area contributed by atoms with Crippen molar-refractivity contribution in [1.29, 1.82) is 0 Å². The average molecular weight is 276 g/mol. The highest BCUT2D eigenvalue weighted by atomic mass is 32.1. The van der Waals surface area contributed by atoms with Crippen LogP contribution in [0.15, 0.2) is 24.3 Å². The lowest BCUT2D eigenvalue weighted by Gasteiger charge is -2.26. The number of ether oxygens (including phenoxy) is 1. The molecule has 1 aliphatic heterocycles. The number of hydrogen-bond acceptors (Lipinski definition) is 6. The summed E-state index contributed by atoms with van der Waals surface area (Å²) in [5.41, 5.74) is 1.03. The summed E-state index contributed by atoms with van der Waals surface area (Å²) in [6, 6.07) is 7.84. The molecule has 5 nitrogen and oxygen atoms in total. The van der Waals surface area contributed by atoms with Gasteiger partial charge in [0.1, 0.15) is 5.75 Å². The second kappa shape index (κ2) is 5.54. The molecule has 2 heterocycles. The summed E-state index contributed by atoms with van der Waals surface area (Å²) in [6.45, 7) is 4.02. The lowest BCUT2D eigenvalue weighted by Crippen LogP contribution is -2.43. The van der Waals surface area contributed by atoms with Gasteiger partial charge >= 0.3 is 0 Å². The molecule has 2 aromatic rings. The smallest absolute Gasteiger partial charge is 0.205 e. The quantitative estimate of drug-likeness (QED) is 0.923. The second-order valence-corrected chi connectivity index (χ2v) is 5.10. The molecular formula is C13H16N4OS. The van der Waals surface area contributed by atoms with Crippen LogP contribution >= 0.6 is 11.5 Å². The van der Waals surface area contributed by atoms with E-state index in [0.717, 1.165) is 48.4 Å². The molecular weight excluding hydrogens is 260 g/mol. The highest BCUT2D eigenvalue weighted by molar-refractivity contribution is 7.09. The highest BCUT2D eigenvalue weighted by Crippen LogP contribution is 2.25. The van der Waals surface area contributed by atoms with Crippen LogP contribution in [0, 0.1) is 0 Å². The summed E-state index contributed by atoms with van der Waals surface area (Å²) in [6.07, 6.45) is 0. The Bertz CT molecular complexity index is 534. The number of rotatable bonds is 3. The zero-order valence-corrected chi connectivity index (χ0v) is 11.6. The molecule has 6 heteroatoms. The van der Waals surface area contributed by atoms with E-state index in [1.807, 2.05) is 24.3 Å². The van der Waals surface area contributed by atoms with Crippen molar-refractivity contribution >= 4 is 16.7 Å². The first-order valence-electron chi connectivity index (χ1n) is 6.30. The average Bonchev–Trinajstić information content (AvgIpc) is 2.98. The van der Waals surface area contributed by atoms with Crippen molar-refractivity contribution in [2.45, 2.75) is 0 Å². The summed E-state index contributed by atoms with van der Waals surface area (Å²) in [5.74, 6) is 1.64. The maximum atomic E-state index is 5.15. The summed E-state index contributed by atoms with van der Waals surface area (Å²) in [5, 5.41) is 4.34. The van der Waals surface area contributed by atoms with Crippen LogP contribution in [0.5, 0.6) is 5.75 Å². The molecule has 0 atom stereocenters. The lowest BCUT2D eigenvalue weighted by molar-refractivity contribution is 0.415. The van der Waals surface area contributed by atoms with E-state index in [4.69, 9.17) is 4.74 Å². The lowest BCUT2D eigenvalue weighted by atomic mass is 10.2. The number of nitrogens with one attached hydrogen (secondary N) is 1. The fourth-order valence-corrected chi connectivity index (χ4v) is 2.80. The Morgan fingerprint density at radius 1 is 1.21 bits per heavy atom. The van der Waals surface area contributed by atoms with Gasteiger partial charge in [-0.3, -0.25) is 0 Å². The first-order valence-corrected chi connectivity index (χ1v) is 7.08. The molecule has 0 amide bonds. The Labute approximate surface area is 116 Å². The molecule has 1 fully saturated rings. The standard InChI is InChI=1S/C13H16N4OS/c1-18-11-4-2-10(3-5-11)12-15-13(19-16-12)17-8-6-14-7-9-17/h2-5,14H,6-9H2,1H3. The van der Waals surface area contributed by atoms with E-state index in [9.17, 15) is 0 Å². The van der Waals surface area contributed by atoms with Gasteiger partial charge in [-0.05, 0) is 24.3 Å². The Morgan fingerprint density at radius 3 is 2.63 bits per heavy atom. The predicted octanol–water partition coefficient (Wildman–Crippen LogP) is 1.62. The first kappa shape index (κ1) is 12.4. The van der Waals surface area contributed by atoms with Gasteiger partial charge in [0.15, 0.2) is 5.82 Å². The van der Waals surface area contributed by atoms with Crippen molar-refractivity contribution in [3.05, 3.63) is 24.3 Å². The summed E-state index contributed by atoms with van der Waals surface area (Å²) in [4.78, 5) is 6.90. The summed E-state index contributed by atoms with van der Waals surface area (Å²) >= 11 is 1.47. The van der Waals surface area contributed by atoms with Crippen LogP contribution in [0.3, 0.4) is 0 Å². The number of nitrogens with zero attached hydrogens (tertiary/aromatic N) is 3. The SMILES string of the molecule is COc1ccc(-c2nsc(N3CCNCC3)n2)cc1. The van der Waals surface area contributed by atoms with Gasteiger partial charge in [-0.1, -0.05) is 0 Å². The minimum absolute atomic E-state index is 0.793. The van der Waals surface area contributed by atoms with Crippen molar-refractivity contribution in [3.8, 4) is 17.1 Å². The van der Waals surface area contributed by atoms with Gasteiger partial charge < -0.3 is 15.0 Å². The van der Waals surface area contributed by atoms with E-state index in [2.05, 4.69) is 19.6 Å². The van der Waals surface area contributed by atoms with E-state index in [-0.39, 0.29) is 0 Å². The van der Waals surface area contributed by atoms with Gasteiger partial charge in [0.25, 0.3) is 0 Å². The van der Waals surface area contributed by atoms with E-state index < -0.39 is 0 Å². The molecule has 1 aromatic carbocycles. The number of piperazine rings is 1. The minimum Gasteiger partial charge on any atom is -0.497 e. The Balaban J connectivity index is 1.79. The van der Waals surface area contributed by atoms with Crippen LogP contribution < -0.4 is 15.0 Å². The van der Waals surface area contributed by atoms with Gasteiger partial charge in [0, 0.05) is 43.3 Å². The number of aromatic nitrogens is 2. The van der Waals surface area contributed by atoms with E-state index in [0.29, 0.717) is 0 Å². The largest absolute Gasteiger partial charge is 0.497 e. The molecule has 1 aromatic heterocycles. The zero-order valence-electron chi connectivity index (χ0n) is 10.8. The molecule has 0 bridgehead atoms. The zero-order chi connectivity index (χ0) is 13.1. The fraction of sp³-hybridized carbons (Fsp3) is 0.385. The van der Waals surface area contributed by atoms with Crippen LogP contribution in [0.25, 0.3) is 11.4 Å². The molecule has 0 unspecified atom stereocenters. The molecule has 100 valence electrons.